The maximum atomic E-state index is 12.4. The van der Waals surface area contributed by atoms with Crippen LogP contribution in [0.25, 0.3) is 0 Å². The van der Waals surface area contributed by atoms with Crippen molar-refractivity contribution in [2.45, 2.75) is 32.6 Å². The van der Waals surface area contributed by atoms with Gasteiger partial charge in [0.15, 0.2) is 5.78 Å². The number of Topliss-reactive ketones (excluding diaryl/α,β-unsaturated/α-hetero) is 1. The van der Waals surface area contributed by atoms with Crippen molar-refractivity contribution in [3.63, 3.8) is 0 Å². The molecule has 0 spiro atoms. The summed E-state index contributed by atoms with van der Waals surface area (Å²) in [5, 5.41) is 3.30. The molecule has 1 fully saturated rings. The Morgan fingerprint density at radius 2 is 2.26 bits per heavy atom. The molecule has 104 valence electrons. The number of rotatable bonds is 5. The van der Waals surface area contributed by atoms with E-state index in [1.807, 2.05) is 18.2 Å². The van der Waals surface area contributed by atoms with E-state index in [2.05, 4.69) is 19.2 Å². The van der Waals surface area contributed by atoms with Gasteiger partial charge in [-0.25, -0.2) is 0 Å². The van der Waals surface area contributed by atoms with Crippen LogP contribution in [-0.2, 0) is 0 Å². The highest BCUT2D eigenvalue weighted by Gasteiger charge is 2.21. The molecule has 1 unspecified atom stereocenters. The molecule has 2 rings (SSSR count). The van der Waals surface area contributed by atoms with Crippen LogP contribution in [0.5, 0.6) is 5.75 Å². The van der Waals surface area contributed by atoms with Gasteiger partial charge in [-0.1, -0.05) is 19.9 Å². The zero-order chi connectivity index (χ0) is 13.8. The second-order valence-electron chi connectivity index (χ2n) is 5.60. The van der Waals surface area contributed by atoms with Crippen molar-refractivity contribution in [1.82, 2.24) is 5.32 Å². The van der Waals surface area contributed by atoms with Gasteiger partial charge in [-0.2, -0.15) is 0 Å². The first-order valence-corrected chi connectivity index (χ1v) is 7.03. The Morgan fingerprint density at radius 3 is 2.84 bits per heavy atom. The third kappa shape index (κ3) is 3.35. The van der Waals surface area contributed by atoms with E-state index in [1.165, 1.54) is 5.56 Å². The van der Waals surface area contributed by atoms with Crippen molar-refractivity contribution in [3.8, 4) is 5.75 Å². The molecule has 1 aromatic carbocycles. The lowest BCUT2D eigenvalue weighted by atomic mass is 9.93. The Hall–Kier alpha value is -1.35. The van der Waals surface area contributed by atoms with E-state index in [0.29, 0.717) is 24.0 Å². The second-order valence-corrected chi connectivity index (χ2v) is 5.60. The molecule has 0 radical (unpaired) electrons. The first kappa shape index (κ1) is 14.1. The van der Waals surface area contributed by atoms with Crippen LogP contribution >= 0.6 is 0 Å². The molecule has 0 aliphatic carbocycles. The average Bonchev–Trinajstić information content (AvgIpc) is 2.90. The molecule has 1 aromatic rings. The highest BCUT2D eigenvalue weighted by atomic mass is 16.5. The minimum atomic E-state index is 0.202. The molecule has 1 aliphatic heterocycles. The van der Waals surface area contributed by atoms with Crippen LogP contribution in [0.3, 0.4) is 0 Å². The topological polar surface area (TPSA) is 38.3 Å². The maximum Gasteiger partial charge on any atom is 0.166 e. The van der Waals surface area contributed by atoms with Gasteiger partial charge in [0.1, 0.15) is 5.75 Å². The zero-order valence-corrected chi connectivity index (χ0v) is 12.0. The summed E-state index contributed by atoms with van der Waals surface area (Å²) in [6.07, 6.45) is 1.71. The van der Waals surface area contributed by atoms with E-state index in [4.69, 9.17) is 4.74 Å². The first-order chi connectivity index (χ1) is 9.11. The number of benzene rings is 1. The zero-order valence-electron chi connectivity index (χ0n) is 12.0. The molecule has 1 N–H and O–H groups in total. The van der Waals surface area contributed by atoms with Crippen LogP contribution in [0, 0.1) is 5.92 Å². The van der Waals surface area contributed by atoms with E-state index in [1.54, 1.807) is 7.11 Å². The van der Waals surface area contributed by atoms with Gasteiger partial charge in [0, 0.05) is 6.42 Å². The number of hydrogen-bond donors (Lipinski definition) is 1. The number of ether oxygens (including phenoxy) is 1. The van der Waals surface area contributed by atoms with Crippen molar-refractivity contribution in [2.75, 3.05) is 20.2 Å². The van der Waals surface area contributed by atoms with Crippen LogP contribution in [0.1, 0.15) is 48.5 Å². The van der Waals surface area contributed by atoms with Gasteiger partial charge in [0.05, 0.1) is 12.7 Å². The summed E-state index contributed by atoms with van der Waals surface area (Å²) >= 11 is 0. The predicted molar refractivity (Wildman–Crippen MR) is 77.0 cm³/mol. The number of hydrogen-bond acceptors (Lipinski definition) is 3. The molecule has 19 heavy (non-hydrogen) atoms. The Labute approximate surface area is 115 Å². The number of ketones is 1. The lowest BCUT2D eigenvalue weighted by Gasteiger charge is -2.13. The molecule has 3 nitrogen and oxygen atoms in total. The smallest absolute Gasteiger partial charge is 0.166 e. The summed E-state index contributed by atoms with van der Waals surface area (Å²) in [6, 6.07) is 5.95. The highest BCUT2D eigenvalue weighted by Crippen LogP contribution is 2.27. The Kier molecular flexibility index (Phi) is 4.59. The van der Waals surface area contributed by atoms with Crippen molar-refractivity contribution in [1.29, 1.82) is 0 Å². The van der Waals surface area contributed by atoms with Crippen molar-refractivity contribution in [3.05, 3.63) is 29.3 Å². The van der Waals surface area contributed by atoms with E-state index in [9.17, 15) is 4.79 Å². The molecule has 3 heteroatoms. The van der Waals surface area contributed by atoms with Crippen LogP contribution in [0.15, 0.2) is 18.2 Å². The SMILES string of the molecule is COc1ccc(C(C)C)cc1C(=O)CC1CCNC1. The maximum absolute atomic E-state index is 12.4. The second kappa shape index (κ2) is 6.20. The largest absolute Gasteiger partial charge is 0.496 e. The molecule has 0 saturated carbocycles. The van der Waals surface area contributed by atoms with Crippen LogP contribution < -0.4 is 10.1 Å². The van der Waals surface area contributed by atoms with Crippen molar-refractivity contribution in [2.24, 2.45) is 5.92 Å². The standard InChI is InChI=1S/C16H23NO2/c1-11(2)13-4-5-16(19-3)14(9-13)15(18)8-12-6-7-17-10-12/h4-5,9,11-12,17H,6-8,10H2,1-3H3. The molecule has 1 atom stereocenters. The fraction of sp³-hybridized carbons (Fsp3) is 0.562. The Balaban J connectivity index is 2.20. The third-order valence-corrected chi connectivity index (χ3v) is 3.83. The minimum absolute atomic E-state index is 0.202. The molecule has 1 heterocycles. The fourth-order valence-corrected chi connectivity index (χ4v) is 2.56. The van der Waals surface area contributed by atoms with E-state index < -0.39 is 0 Å². The minimum Gasteiger partial charge on any atom is -0.496 e. The lowest BCUT2D eigenvalue weighted by Crippen LogP contribution is -2.13. The summed E-state index contributed by atoms with van der Waals surface area (Å²) < 4.78 is 5.33. The Morgan fingerprint density at radius 1 is 1.47 bits per heavy atom. The van der Waals surface area contributed by atoms with Gasteiger partial charge in [-0.15, -0.1) is 0 Å². The summed E-state index contributed by atoms with van der Waals surface area (Å²) in [5.41, 5.74) is 1.93. The van der Waals surface area contributed by atoms with Crippen LogP contribution in [0.2, 0.25) is 0 Å². The summed E-state index contributed by atoms with van der Waals surface area (Å²) in [5.74, 6) is 1.79. The molecule has 1 saturated heterocycles. The van der Waals surface area contributed by atoms with Gasteiger partial charge < -0.3 is 10.1 Å². The predicted octanol–water partition coefficient (Wildman–Crippen LogP) is 3.00. The molecule has 0 bridgehead atoms. The highest BCUT2D eigenvalue weighted by molar-refractivity contribution is 5.99. The first-order valence-electron chi connectivity index (χ1n) is 7.03. The summed E-state index contributed by atoms with van der Waals surface area (Å²) in [6.45, 7) is 6.26. The van der Waals surface area contributed by atoms with Crippen LogP contribution in [0.4, 0.5) is 0 Å². The number of methoxy groups -OCH3 is 1. The summed E-state index contributed by atoms with van der Waals surface area (Å²) in [4.78, 5) is 12.4. The molecule has 0 amide bonds. The van der Waals surface area contributed by atoms with E-state index in [-0.39, 0.29) is 5.78 Å². The fourth-order valence-electron chi connectivity index (χ4n) is 2.56. The van der Waals surface area contributed by atoms with Gasteiger partial charge in [-0.3, -0.25) is 4.79 Å². The lowest BCUT2D eigenvalue weighted by molar-refractivity contribution is 0.0961. The van der Waals surface area contributed by atoms with Gasteiger partial charge >= 0.3 is 0 Å². The quantitative estimate of drug-likeness (QED) is 0.828. The Bertz CT molecular complexity index is 448. The van der Waals surface area contributed by atoms with Crippen LogP contribution in [-0.4, -0.2) is 26.0 Å². The molecular weight excluding hydrogens is 238 g/mol. The summed E-state index contributed by atoms with van der Waals surface area (Å²) in [7, 11) is 1.62. The van der Waals surface area contributed by atoms with Gasteiger partial charge in [0.25, 0.3) is 0 Å². The normalized spacial score (nSPS) is 18.8. The van der Waals surface area contributed by atoms with Crippen molar-refractivity contribution < 1.29 is 9.53 Å². The average molecular weight is 261 g/mol. The third-order valence-electron chi connectivity index (χ3n) is 3.83. The molecule has 0 aromatic heterocycles. The van der Waals surface area contributed by atoms with Crippen molar-refractivity contribution >= 4 is 5.78 Å². The van der Waals surface area contributed by atoms with E-state index in [0.717, 1.165) is 25.1 Å². The number of carbonyl (C=O) groups is 1. The monoisotopic (exact) mass is 261 g/mol. The van der Waals surface area contributed by atoms with Gasteiger partial charge in [0.2, 0.25) is 0 Å². The number of nitrogens with one attached hydrogen (secondary N) is 1. The number of carbonyl (C=O) groups excluding carboxylic acids is 1. The van der Waals surface area contributed by atoms with Gasteiger partial charge in [-0.05, 0) is 49.0 Å². The molecule has 1 aliphatic rings. The molecular formula is C16H23NO2. The van der Waals surface area contributed by atoms with E-state index >= 15 is 0 Å².